The van der Waals surface area contributed by atoms with Gasteiger partial charge in [0.15, 0.2) is 12.3 Å². The molecule has 0 saturated heterocycles. The van der Waals surface area contributed by atoms with E-state index in [0.717, 1.165) is 24.2 Å². The van der Waals surface area contributed by atoms with E-state index in [-0.39, 0.29) is 29.4 Å². The fraction of sp³-hybridized carbons (Fsp3) is 0.533. The fourth-order valence-corrected chi connectivity index (χ4v) is 2.86. The molecule has 4 heteroatoms. The Hall–Kier alpha value is 0.310. The highest BCUT2D eigenvalue weighted by Gasteiger charge is 2.42. The summed E-state index contributed by atoms with van der Waals surface area (Å²) in [6.45, 7) is 9.42. The summed E-state index contributed by atoms with van der Waals surface area (Å²) in [4.78, 5) is 0. The monoisotopic (exact) mass is 485 g/mol. The van der Waals surface area contributed by atoms with E-state index in [0.29, 0.717) is 0 Å². The van der Waals surface area contributed by atoms with Crippen LogP contribution in [0.3, 0.4) is 0 Å². The third-order valence-electron chi connectivity index (χ3n) is 3.86. The number of para-hydroxylation sites is 1. The molecule has 0 aromatic heterocycles. The summed E-state index contributed by atoms with van der Waals surface area (Å²) in [6.07, 6.45) is 0. The smallest absolute Gasteiger partial charge is 0.209 e. The second kappa shape index (κ2) is 7.36. The summed E-state index contributed by atoms with van der Waals surface area (Å²) in [5.74, 6) is 0. The molecular weight excluding hydrogens is 464 g/mol. The van der Waals surface area contributed by atoms with Crippen molar-refractivity contribution in [1.82, 2.24) is 0 Å². The number of ether oxygens (including phenoxy) is 1. The second-order valence-corrected chi connectivity index (χ2v) is 6.26. The summed E-state index contributed by atoms with van der Waals surface area (Å²) in [7, 11) is 0. The Bertz CT molecular complexity index is 469. The zero-order valence-corrected chi connectivity index (χ0v) is 16.1. The molecule has 0 amide bonds. The molecule has 0 atom stereocenters. The van der Waals surface area contributed by atoms with Crippen molar-refractivity contribution in [3.05, 3.63) is 29.8 Å². The van der Waals surface area contributed by atoms with Gasteiger partial charge in [-0.05, 0) is 13.8 Å². The van der Waals surface area contributed by atoms with Crippen molar-refractivity contribution >= 4 is 34.0 Å². The number of nitrogens with zero attached hydrogens (tertiary/aromatic N) is 1. The number of fused-ring (bicyclic) bond motifs is 1. The van der Waals surface area contributed by atoms with Crippen molar-refractivity contribution in [3.8, 4) is 0 Å². The van der Waals surface area contributed by atoms with Gasteiger partial charge in [0.05, 0.1) is 12.0 Å². The van der Waals surface area contributed by atoms with Crippen LogP contribution in [0.1, 0.15) is 26.3 Å². The predicted molar refractivity (Wildman–Crippen MR) is 84.6 cm³/mol. The van der Waals surface area contributed by atoms with E-state index in [9.17, 15) is 0 Å². The quantitative estimate of drug-likeness (QED) is 0.257. The molecular formula is C15H21I2NO. The van der Waals surface area contributed by atoms with Crippen LogP contribution in [-0.2, 0) is 10.2 Å². The average molecular weight is 485 g/mol. The van der Waals surface area contributed by atoms with Crippen molar-refractivity contribution < 1.29 is 33.3 Å². The molecule has 2 rings (SSSR count). The first-order chi connectivity index (χ1) is 8.59. The molecule has 0 aliphatic carbocycles. The Kier molecular flexibility index (Phi) is 6.72. The predicted octanol–water partition coefficient (Wildman–Crippen LogP) is 0.538. The van der Waals surface area contributed by atoms with Crippen LogP contribution >= 0.6 is 22.6 Å². The van der Waals surface area contributed by atoms with E-state index in [1.54, 1.807) is 0 Å². The van der Waals surface area contributed by atoms with Gasteiger partial charge in [-0.1, -0.05) is 40.8 Å². The van der Waals surface area contributed by atoms with Gasteiger partial charge >= 0.3 is 0 Å². The van der Waals surface area contributed by atoms with Gasteiger partial charge in [-0.25, -0.2) is 0 Å². The molecule has 1 aliphatic heterocycles. The Balaban J connectivity index is 0.00000180. The van der Waals surface area contributed by atoms with Crippen molar-refractivity contribution in [3.63, 3.8) is 0 Å². The molecule has 1 aromatic rings. The summed E-state index contributed by atoms with van der Waals surface area (Å²) in [5.41, 5.74) is 4.33. The number of benzene rings is 1. The van der Waals surface area contributed by atoms with Gasteiger partial charge in [-0.2, -0.15) is 4.58 Å². The van der Waals surface area contributed by atoms with E-state index in [1.165, 1.54) is 17.0 Å². The minimum atomic E-state index is 0. The first kappa shape index (κ1) is 17.4. The van der Waals surface area contributed by atoms with Crippen molar-refractivity contribution in [1.29, 1.82) is 0 Å². The minimum absolute atomic E-state index is 0. The van der Waals surface area contributed by atoms with Gasteiger partial charge in [0.25, 0.3) is 0 Å². The van der Waals surface area contributed by atoms with Crippen molar-refractivity contribution in [2.24, 2.45) is 0 Å². The highest BCUT2D eigenvalue weighted by molar-refractivity contribution is 14.1. The molecule has 0 fully saturated rings. The molecule has 106 valence electrons. The van der Waals surface area contributed by atoms with Crippen LogP contribution in [0, 0.1) is 0 Å². The minimum Gasteiger partial charge on any atom is -1.00 e. The van der Waals surface area contributed by atoms with E-state index >= 15 is 0 Å². The molecule has 19 heavy (non-hydrogen) atoms. The van der Waals surface area contributed by atoms with E-state index in [4.69, 9.17) is 4.74 Å². The highest BCUT2D eigenvalue weighted by atomic mass is 127. The van der Waals surface area contributed by atoms with Crippen LogP contribution in [0.4, 0.5) is 5.69 Å². The van der Waals surface area contributed by atoms with E-state index < -0.39 is 0 Å². The molecule has 0 radical (unpaired) electrons. The van der Waals surface area contributed by atoms with E-state index in [2.05, 4.69) is 72.2 Å². The maximum atomic E-state index is 5.61. The van der Waals surface area contributed by atoms with Crippen molar-refractivity contribution in [2.75, 3.05) is 24.2 Å². The van der Waals surface area contributed by atoms with Gasteiger partial charge < -0.3 is 28.7 Å². The largest absolute Gasteiger partial charge is 1.00 e. The van der Waals surface area contributed by atoms with Crippen LogP contribution in [0.25, 0.3) is 0 Å². The number of rotatable bonds is 5. The summed E-state index contributed by atoms with van der Waals surface area (Å²) in [6, 6.07) is 8.70. The molecule has 0 spiro atoms. The highest BCUT2D eigenvalue weighted by Crippen LogP contribution is 2.38. The maximum absolute atomic E-state index is 5.61. The lowest BCUT2D eigenvalue weighted by Crippen LogP contribution is -3.00. The van der Waals surface area contributed by atoms with Gasteiger partial charge in [0.1, 0.15) is 6.61 Å². The van der Waals surface area contributed by atoms with Crippen LogP contribution in [0.2, 0.25) is 0 Å². The fourth-order valence-electron chi connectivity index (χ4n) is 2.55. The SMILES string of the molecule is CC1=[N+](CCOCCI)c2ccccc2C1(C)C.[I-]. The van der Waals surface area contributed by atoms with Crippen LogP contribution in [-0.4, -0.2) is 34.5 Å². The third-order valence-corrected chi connectivity index (χ3v) is 4.30. The summed E-state index contributed by atoms with van der Waals surface area (Å²) in [5, 5.41) is 0. The molecule has 0 bridgehead atoms. The molecule has 1 aromatic carbocycles. The zero-order chi connectivity index (χ0) is 13.2. The van der Waals surface area contributed by atoms with Crippen molar-refractivity contribution in [2.45, 2.75) is 26.2 Å². The Labute approximate surface area is 146 Å². The second-order valence-electron chi connectivity index (χ2n) is 5.18. The lowest BCUT2D eigenvalue weighted by molar-refractivity contribution is -0.443. The average Bonchev–Trinajstić information content (AvgIpc) is 2.56. The number of halogens is 2. The van der Waals surface area contributed by atoms with Crippen LogP contribution in [0.15, 0.2) is 24.3 Å². The Morgan fingerprint density at radius 1 is 1.21 bits per heavy atom. The molecule has 1 heterocycles. The topological polar surface area (TPSA) is 12.2 Å². The lowest BCUT2D eigenvalue weighted by Gasteiger charge is -2.14. The van der Waals surface area contributed by atoms with Gasteiger partial charge in [0.2, 0.25) is 5.69 Å². The van der Waals surface area contributed by atoms with Gasteiger partial charge in [-0.3, -0.25) is 0 Å². The maximum Gasteiger partial charge on any atom is 0.209 e. The van der Waals surface area contributed by atoms with Crippen LogP contribution in [0.5, 0.6) is 0 Å². The number of alkyl halides is 1. The molecule has 0 N–H and O–H groups in total. The van der Waals surface area contributed by atoms with Crippen LogP contribution < -0.4 is 24.0 Å². The number of hydrogen-bond acceptors (Lipinski definition) is 1. The first-order valence-corrected chi connectivity index (χ1v) is 7.96. The molecule has 0 unspecified atom stereocenters. The Morgan fingerprint density at radius 2 is 1.89 bits per heavy atom. The summed E-state index contributed by atoms with van der Waals surface area (Å²) < 4.78 is 9.08. The molecule has 1 aliphatic rings. The Morgan fingerprint density at radius 3 is 2.58 bits per heavy atom. The zero-order valence-electron chi connectivity index (χ0n) is 11.7. The normalized spacial score (nSPS) is 16.2. The standard InChI is InChI=1S/C15H21INO.HI/c1-12-15(2,3)13-6-4-5-7-14(13)17(12)9-11-18-10-8-16;/h4-7H,8-11H2,1-3H3;1H/q+1;/p-1. The first-order valence-electron chi connectivity index (χ1n) is 6.44. The summed E-state index contributed by atoms with van der Waals surface area (Å²) >= 11 is 2.34. The lowest BCUT2D eigenvalue weighted by atomic mass is 9.82. The molecule has 0 saturated carbocycles. The van der Waals surface area contributed by atoms with Gasteiger partial charge in [-0.15, -0.1) is 0 Å². The van der Waals surface area contributed by atoms with Gasteiger partial charge in [0, 0.05) is 23.0 Å². The van der Waals surface area contributed by atoms with E-state index in [1.807, 2.05) is 0 Å². The molecule has 2 nitrogen and oxygen atoms in total. The number of hydrogen-bond donors (Lipinski definition) is 0. The third kappa shape index (κ3) is 3.50.